The summed E-state index contributed by atoms with van der Waals surface area (Å²) in [4.78, 5) is 0. The number of benzene rings is 1. The van der Waals surface area contributed by atoms with E-state index in [9.17, 15) is 4.39 Å². The predicted octanol–water partition coefficient (Wildman–Crippen LogP) is 3.19. The number of hydrogen-bond acceptors (Lipinski definition) is 1. The summed E-state index contributed by atoms with van der Waals surface area (Å²) in [5.41, 5.74) is 0.965. The summed E-state index contributed by atoms with van der Waals surface area (Å²) in [6.45, 7) is 0.573. The first kappa shape index (κ1) is 10.4. The third-order valence-corrected chi connectivity index (χ3v) is 1.65. The minimum absolute atomic E-state index is 0.169. The molecule has 0 atom stereocenters. The molecule has 1 aromatic rings. The van der Waals surface area contributed by atoms with Gasteiger partial charge in [0, 0.05) is 12.7 Å². The largest absolute Gasteiger partial charge is 0.385 e. The lowest BCUT2D eigenvalue weighted by molar-refractivity contribution is 0.626. The van der Waals surface area contributed by atoms with Gasteiger partial charge >= 0.3 is 0 Å². The fraction of sp³-hybridized carbons (Fsp3) is 0.111. The maximum atomic E-state index is 12.5. The summed E-state index contributed by atoms with van der Waals surface area (Å²) in [5, 5.41) is 2.87. The molecule has 1 aromatic carbocycles. The zero-order valence-electron chi connectivity index (χ0n) is 6.73. The third-order valence-electron chi connectivity index (χ3n) is 1.43. The first-order valence-electron chi connectivity index (χ1n) is 3.67. The molecule has 0 aliphatic carbocycles. The van der Waals surface area contributed by atoms with Crippen molar-refractivity contribution in [2.45, 2.75) is 6.54 Å². The Hall–Kier alpha value is -0.730. The molecule has 1 nitrogen and oxygen atoms in total. The van der Waals surface area contributed by atoms with Gasteiger partial charge in [0.25, 0.3) is 0 Å². The molecule has 0 spiro atoms. The lowest BCUT2D eigenvalue weighted by Gasteiger charge is -2.00. The van der Waals surface area contributed by atoms with E-state index in [1.807, 2.05) is 0 Å². The second-order valence-corrected chi connectivity index (χ2v) is 3.45. The first-order chi connectivity index (χ1) is 6.18. The molecule has 0 aromatic heterocycles. The highest BCUT2D eigenvalue weighted by Crippen LogP contribution is 2.05. The minimum Gasteiger partial charge on any atom is -0.385 e. The smallest absolute Gasteiger partial charge is 0.123 e. The number of rotatable bonds is 3. The molecular formula is C9H8Cl2FN. The highest BCUT2D eigenvalue weighted by Gasteiger charge is 1.91. The third kappa shape index (κ3) is 4.15. The Kier molecular flexibility index (Phi) is 4.06. The maximum absolute atomic E-state index is 12.5. The van der Waals surface area contributed by atoms with Gasteiger partial charge in [-0.3, -0.25) is 0 Å². The Morgan fingerprint density at radius 1 is 1.31 bits per heavy atom. The van der Waals surface area contributed by atoms with E-state index < -0.39 is 0 Å². The number of halogens is 3. The van der Waals surface area contributed by atoms with Crippen LogP contribution < -0.4 is 5.32 Å². The first-order valence-corrected chi connectivity index (χ1v) is 4.43. The van der Waals surface area contributed by atoms with E-state index >= 15 is 0 Å². The summed E-state index contributed by atoms with van der Waals surface area (Å²) in [6, 6.07) is 6.20. The van der Waals surface area contributed by atoms with Crippen molar-refractivity contribution in [3.8, 4) is 0 Å². The van der Waals surface area contributed by atoms with Crippen LogP contribution in [0.2, 0.25) is 0 Å². The summed E-state index contributed by atoms with van der Waals surface area (Å²) in [6.07, 6.45) is 1.48. The fourth-order valence-electron chi connectivity index (χ4n) is 0.848. The Bertz CT molecular complexity index is 291. The standard InChI is InChI=1S/C9H8Cl2FN/c10-9(11)6-13-5-7-1-3-8(12)4-2-7/h1-4,6,13H,5H2. The van der Waals surface area contributed by atoms with Crippen LogP contribution >= 0.6 is 23.2 Å². The predicted molar refractivity (Wildman–Crippen MR) is 53.0 cm³/mol. The van der Waals surface area contributed by atoms with Crippen molar-refractivity contribution in [2.24, 2.45) is 0 Å². The van der Waals surface area contributed by atoms with Crippen LogP contribution in [0.25, 0.3) is 0 Å². The molecule has 0 amide bonds. The highest BCUT2D eigenvalue weighted by atomic mass is 35.5. The second kappa shape index (κ2) is 5.10. The van der Waals surface area contributed by atoms with E-state index in [1.165, 1.54) is 18.3 Å². The van der Waals surface area contributed by atoms with Gasteiger partial charge in [-0.2, -0.15) is 0 Å². The summed E-state index contributed by atoms with van der Waals surface area (Å²) >= 11 is 10.7. The van der Waals surface area contributed by atoms with E-state index in [-0.39, 0.29) is 10.3 Å². The Morgan fingerprint density at radius 3 is 2.46 bits per heavy atom. The van der Waals surface area contributed by atoms with Gasteiger partial charge in [-0.1, -0.05) is 35.3 Å². The highest BCUT2D eigenvalue weighted by molar-refractivity contribution is 6.55. The average Bonchev–Trinajstić information content (AvgIpc) is 2.08. The molecule has 0 saturated heterocycles. The summed E-state index contributed by atoms with van der Waals surface area (Å²) in [7, 11) is 0. The van der Waals surface area contributed by atoms with Crippen molar-refractivity contribution in [1.29, 1.82) is 0 Å². The van der Waals surface area contributed by atoms with Crippen molar-refractivity contribution in [3.63, 3.8) is 0 Å². The SMILES string of the molecule is Fc1ccc(CNC=C(Cl)Cl)cc1. The van der Waals surface area contributed by atoms with E-state index in [4.69, 9.17) is 23.2 Å². The van der Waals surface area contributed by atoms with Crippen molar-refractivity contribution in [1.82, 2.24) is 5.32 Å². The van der Waals surface area contributed by atoms with Crippen LogP contribution in [0.1, 0.15) is 5.56 Å². The number of hydrogen-bond donors (Lipinski definition) is 1. The van der Waals surface area contributed by atoms with Gasteiger partial charge in [-0.05, 0) is 17.7 Å². The molecule has 0 radical (unpaired) electrons. The van der Waals surface area contributed by atoms with E-state index in [2.05, 4.69) is 5.32 Å². The van der Waals surface area contributed by atoms with Gasteiger partial charge < -0.3 is 5.32 Å². The van der Waals surface area contributed by atoms with Crippen LogP contribution in [0.4, 0.5) is 4.39 Å². The molecule has 0 bridgehead atoms. The molecule has 70 valence electrons. The zero-order valence-corrected chi connectivity index (χ0v) is 8.24. The lowest BCUT2D eigenvalue weighted by Crippen LogP contribution is -2.04. The molecule has 4 heteroatoms. The van der Waals surface area contributed by atoms with Gasteiger partial charge in [0.2, 0.25) is 0 Å². The van der Waals surface area contributed by atoms with E-state index in [0.29, 0.717) is 6.54 Å². The van der Waals surface area contributed by atoms with Crippen LogP contribution in [-0.2, 0) is 6.54 Å². The zero-order chi connectivity index (χ0) is 9.68. The molecule has 1 N–H and O–H groups in total. The quantitative estimate of drug-likeness (QED) is 0.824. The Balaban J connectivity index is 2.46. The van der Waals surface area contributed by atoms with Crippen molar-refractivity contribution in [3.05, 3.63) is 46.3 Å². The molecule has 0 aliphatic heterocycles. The van der Waals surface area contributed by atoms with Gasteiger partial charge in [-0.25, -0.2) is 4.39 Å². The molecule has 1 rings (SSSR count). The molecule has 0 fully saturated rings. The maximum Gasteiger partial charge on any atom is 0.123 e. The second-order valence-electron chi connectivity index (χ2n) is 2.44. The van der Waals surface area contributed by atoms with Crippen molar-refractivity contribution in [2.75, 3.05) is 0 Å². The molecular weight excluding hydrogens is 212 g/mol. The van der Waals surface area contributed by atoms with E-state index in [0.717, 1.165) is 5.56 Å². The fourth-order valence-corrected chi connectivity index (χ4v) is 1.00. The Labute approximate surface area is 86.2 Å². The minimum atomic E-state index is -0.241. The average molecular weight is 220 g/mol. The van der Waals surface area contributed by atoms with Crippen molar-refractivity contribution < 1.29 is 4.39 Å². The van der Waals surface area contributed by atoms with Gasteiger partial charge in [0.05, 0.1) is 0 Å². The van der Waals surface area contributed by atoms with Crippen LogP contribution in [-0.4, -0.2) is 0 Å². The normalized spacial score (nSPS) is 9.46. The summed E-state index contributed by atoms with van der Waals surface area (Å²) < 4.78 is 12.6. The monoisotopic (exact) mass is 219 g/mol. The van der Waals surface area contributed by atoms with Gasteiger partial charge in [-0.15, -0.1) is 0 Å². The molecule has 13 heavy (non-hydrogen) atoms. The van der Waals surface area contributed by atoms with Crippen molar-refractivity contribution >= 4 is 23.2 Å². The van der Waals surface area contributed by atoms with Gasteiger partial charge in [0.1, 0.15) is 10.3 Å². The molecule has 0 heterocycles. The number of nitrogens with one attached hydrogen (secondary N) is 1. The van der Waals surface area contributed by atoms with E-state index in [1.54, 1.807) is 12.1 Å². The molecule has 0 unspecified atom stereocenters. The topological polar surface area (TPSA) is 12.0 Å². The van der Waals surface area contributed by atoms with Crippen LogP contribution in [0, 0.1) is 5.82 Å². The Morgan fingerprint density at radius 2 is 1.92 bits per heavy atom. The van der Waals surface area contributed by atoms with Crippen LogP contribution in [0.5, 0.6) is 0 Å². The molecule has 0 aliphatic rings. The lowest BCUT2D eigenvalue weighted by atomic mass is 10.2. The summed E-state index contributed by atoms with van der Waals surface area (Å²) in [5.74, 6) is -0.241. The molecule has 0 saturated carbocycles. The van der Waals surface area contributed by atoms with Crippen LogP contribution in [0.15, 0.2) is 35.0 Å². The van der Waals surface area contributed by atoms with Gasteiger partial charge in [0.15, 0.2) is 0 Å². The van der Waals surface area contributed by atoms with Crippen LogP contribution in [0.3, 0.4) is 0 Å².